The average Bonchev–Trinajstić information content (AvgIpc) is 2.29. The van der Waals surface area contributed by atoms with Crippen LogP contribution in [0.2, 0.25) is 0 Å². The molecule has 0 heterocycles. The van der Waals surface area contributed by atoms with Crippen LogP contribution in [-0.2, 0) is 0 Å². The summed E-state index contributed by atoms with van der Waals surface area (Å²) in [6.07, 6.45) is 5.20. The van der Waals surface area contributed by atoms with Crippen LogP contribution < -0.4 is 4.74 Å². The summed E-state index contributed by atoms with van der Waals surface area (Å²) in [7, 11) is 1.75. The Morgan fingerprint density at radius 3 is 2.60 bits per heavy atom. The van der Waals surface area contributed by atoms with Gasteiger partial charge in [0.2, 0.25) is 0 Å². The van der Waals surface area contributed by atoms with E-state index in [1.54, 1.807) is 7.11 Å². The summed E-state index contributed by atoms with van der Waals surface area (Å²) >= 11 is 0. The largest absolute Gasteiger partial charge is 0.496 e. The Hall–Kier alpha value is -0.980. The number of hydrogen-bond acceptors (Lipinski definition) is 1. The van der Waals surface area contributed by atoms with Gasteiger partial charge in [0.15, 0.2) is 0 Å². The number of methoxy groups -OCH3 is 1. The van der Waals surface area contributed by atoms with Gasteiger partial charge in [-0.05, 0) is 24.0 Å². The van der Waals surface area contributed by atoms with E-state index in [1.165, 1.54) is 31.2 Å². The van der Waals surface area contributed by atoms with Crippen molar-refractivity contribution in [2.24, 2.45) is 0 Å². The fourth-order valence-electron chi connectivity index (χ4n) is 1.93. The number of ether oxygens (including phenoxy) is 1. The minimum absolute atomic E-state index is 0.604. The van der Waals surface area contributed by atoms with E-state index in [-0.39, 0.29) is 0 Å². The van der Waals surface area contributed by atoms with Crippen LogP contribution in [0.3, 0.4) is 0 Å². The molecule has 1 aromatic carbocycles. The topological polar surface area (TPSA) is 9.23 Å². The third-order valence-corrected chi connectivity index (χ3v) is 2.91. The third kappa shape index (κ3) is 3.58. The molecule has 0 aromatic heterocycles. The first kappa shape index (κ1) is 12.1. The minimum atomic E-state index is 0.604. The predicted molar refractivity (Wildman–Crippen MR) is 65.6 cm³/mol. The van der Waals surface area contributed by atoms with E-state index < -0.39 is 0 Å². The van der Waals surface area contributed by atoms with Crippen molar-refractivity contribution in [3.05, 3.63) is 29.8 Å². The maximum Gasteiger partial charge on any atom is 0.122 e. The van der Waals surface area contributed by atoms with Crippen LogP contribution in [0.25, 0.3) is 0 Å². The van der Waals surface area contributed by atoms with Gasteiger partial charge in [-0.2, -0.15) is 0 Å². The van der Waals surface area contributed by atoms with E-state index in [4.69, 9.17) is 4.74 Å². The summed E-state index contributed by atoms with van der Waals surface area (Å²) in [5, 5.41) is 0. The van der Waals surface area contributed by atoms with E-state index >= 15 is 0 Å². The maximum atomic E-state index is 5.37. The Kier molecular flexibility index (Phi) is 5.23. The molecule has 1 aromatic rings. The fraction of sp³-hybridized carbons (Fsp3) is 0.571. The first-order valence-electron chi connectivity index (χ1n) is 5.92. The van der Waals surface area contributed by atoms with E-state index in [0.717, 1.165) is 5.75 Å². The van der Waals surface area contributed by atoms with Crippen LogP contribution in [0.15, 0.2) is 24.3 Å². The molecule has 0 N–H and O–H groups in total. The smallest absolute Gasteiger partial charge is 0.122 e. The lowest BCUT2D eigenvalue weighted by atomic mass is 9.94. The quantitative estimate of drug-likeness (QED) is 0.628. The predicted octanol–water partition coefficient (Wildman–Crippen LogP) is 4.38. The van der Waals surface area contributed by atoms with Crippen molar-refractivity contribution in [2.75, 3.05) is 7.11 Å². The Balaban J connectivity index is 2.59. The van der Waals surface area contributed by atoms with Gasteiger partial charge in [0.05, 0.1) is 7.11 Å². The molecule has 0 bridgehead atoms. The van der Waals surface area contributed by atoms with Crippen LogP contribution in [0.4, 0.5) is 0 Å². The van der Waals surface area contributed by atoms with Crippen molar-refractivity contribution >= 4 is 0 Å². The van der Waals surface area contributed by atoms with Crippen LogP contribution in [-0.4, -0.2) is 7.11 Å². The number of hydrogen-bond donors (Lipinski definition) is 0. The van der Waals surface area contributed by atoms with Crippen molar-refractivity contribution in [3.8, 4) is 5.75 Å². The maximum absolute atomic E-state index is 5.37. The van der Waals surface area contributed by atoms with Crippen molar-refractivity contribution in [1.82, 2.24) is 0 Å². The van der Waals surface area contributed by atoms with Gasteiger partial charge in [-0.25, -0.2) is 0 Å². The van der Waals surface area contributed by atoms with E-state index in [0.29, 0.717) is 5.92 Å². The second-order valence-corrected chi connectivity index (χ2v) is 4.14. The molecule has 0 amide bonds. The standard InChI is InChI=1S/C14H22O/c1-4-5-6-9-12(2)13-10-7-8-11-14(13)15-3/h7-8,10-12H,4-6,9H2,1-3H3. The highest BCUT2D eigenvalue weighted by atomic mass is 16.5. The molecular formula is C14H22O. The van der Waals surface area contributed by atoms with Gasteiger partial charge in [-0.15, -0.1) is 0 Å². The zero-order valence-corrected chi connectivity index (χ0v) is 10.1. The Morgan fingerprint density at radius 2 is 1.93 bits per heavy atom. The third-order valence-electron chi connectivity index (χ3n) is 2.91. The molecule has 0 radical (unpaired) electrons. The van der Waals surface area contributed by atoms with Crippen LogP contribution >= 0.6 is 0 Å². The average molecular weight is 206 g/mol. The summed E-state index contributed by atoms with van der Waals surface area (Å²) in [5.74, 6) is 1.63. The van der Waals surface area contributed by atoms with Gasteiger partial charge in [-0.1, -0.05) is 51.3 Å². The molecule has 1 nitrogen and oxygen atoms in total. The lowest BCUT2D eigenvalue weighted by molar-refractivity contribution is 0.404. The van der Waals surface area contributed by atoms with E-state index in [1.807, 2.05) is 12.1 Å². The van der Waals surface area contributed by atoms with Gasteiger partial charge >= 0.3 is 0 Å². The molecule has 0 aliphatic heterocycles. The highest BCUT2D eigenvalue weighted by Crippen LogP contribution is 2.29. The van der Waals surface area contributed by atoms with Gasteiger partial charge in [0.1, 0.15) is 5.75 Å². The molecular weight excluding hydrogens is 184 g/mol. The van der Waals surface area contributed by atoms with Gasteiger partial charge < -0.3 is 4.74 Å². The normalized spacial score (nSPS) is 12.5. The Bertz CT molecular complexity index is 280. The highest BCUT2D eigenvalue weighted by molar-refractivity contribution is 5.35. The number of para-hydroxylation sites is 1. The van der Waals surface area contributed by atoms with E-state index in [9.17, 15) is 0 Å². The summed E-state index contributed by atoms with van der Waals surface area (Å²) < 4.78 is 5.37. The summed E-state index contributed by atoms with van der Waals surface area (Å²) in [6, 6.07) is 8.34. The highest BCUT2D eigenvalue weighted by Gasteiger charge is 2.09. The molecule has 0 saturated heterocycles. The molecule has 84 valence electrons. The zero-order chi connectivity index (χ0) is 11.1. The number of benzene rings is 1. The summed E-state index contributed by atoms with van der Waals surface area (Å²) in [6.45, 7) is 4.53. The molecule has 15 heavy (non-hydrogen) atoms. The van der Waals surface area contributed by atoms with Crippen molar-refractivity contribution in [1.29, 1.82) is 0 Å². The second-order valence-electron chi connectivity index (χ2n) is 4.14. The molecule has 1 atom stereocenters. The minimum Gasteiger partial charge on any atom is -0.496 e. The monoisotopic (exact) mass is 206 g/mol. The SMILES string of the molecule is CCCCCC(C)c1ccccc1OC. The fourth-order valence-corrected chi connectivity index (χ4v) is 1.93. The van der Waals surface area contributed by atoms with Crippen molar-refractivity contribution in [2.45, 2.75) is 45.4 Å². The van der Waals surface area contributed by atoms with Gasteiger partial charge in [0, 0.05) is 0 Å². The van der Waals surface area contributed by atoms with Crippen LogP contribution in [0.1, 0.15) is 51.0 Å². The molecule has 0 fully saturated rings. The number of unbranched alkanes of at least 4 members (excludes halogenated alkanes) is 2. The molecule has 1 heteroatoms. The van der Waals surface area contributed by atoms with Crippen molar-refractivity contribution < 1.29 is 4.74 Å². The van der Waals surface area contributed by atoms with E-state index in [2.05, 4.69) is 26.0 Å². The molecule has 1 unspecified atom stereocenters. The van der Waals surface area contributed by atoms with Gasteiger partial charge in [0.25, 0.3) is 0 Å². The lowest BCUT2D eigenvalue weighted by Gasteiger charge is -2.15. The molecule has 0 spiro atoms. The molecule has 0 aliphatic carbocycles. The lowest BCUT2D eigenvalue weighted by Crippen LogP contribution is -1.97. The summed E-state index contributed by atoms with van der Waals surface area (Å²) in [5.41, 5.74) is 1.34. The number of rotatable bonds is 6. The first-order chi connectivity index (χ1) is 7.29. The molecule has 0 aliphatic rings. The van der Waals surface area contributed by atoms with Crippen LogP contribution in [0, 0.1) is 0 Å². The van der Waals surface area contributed by atoms with Gasteiger partial charge in [-0.3, -0.25) is 0 Å². The zero-order valence-electron chi connectivity index (χ0n) is 10.1. The molecule has 0 saturated carbocycles. The summed E-state index contributed by atoms with van der Waals surface area (Å²) in [4.78, 5) is 0. The first-order valence-corrected chi connectivity index (χ1v) is 5.92. The van der Waals surface area contributed by atoms with Crippen molar-refractivity contribution in [3.63, 3.8) is 0 Å². The Labute approximate surface area is 93.5 Å². The Morgan fingerprint density at radius 1 is 1.20 bits per heavy atom. The molecule has 1 rings (SSSR count). The second kappa shape index (κ2) is 6.49. The van der Waals surface area contributed by atoms with Crippen LogP contribution in [0.5, 0.6) is 5.75 Å².